The average Bonchev–Trinajstić information content (AvgIpc) is 3.38. The molecule has 0 aromatic carbocycles. The van der Waals surface area contributed by atoms with Gasteiger partial charge in [0, 0.05) is 31.1 Å². The summed E-state index contributed by atoms with van der Waals surface area (Å²) in [5, 5.41) is 8.70. The highest BCUT2D eigenvalue weighted by Gasteiger charge is 2.27. The molecular weight excluding hydrogens is 509 g/mol. The zero-order chi connectivity index (χ0) is 19.1. The zero-order valence-electron chi connectivity index (χ0n) is 16.5. The van der Waals surface area contributed by atoms with Crippen LogP contribution in [-0.4, -0.2) is 75.1 Å². The highest BCUT2D eigenvalue weighted by Crippen LogP contribution is 2.28. The fourth-order valence-electron chi connectivity index (χ4n) is 3.68. The van der Waals surface area contributed by atoms with Crippen LogP contribution in [0.3, 0.4) is 0 Å². The maximum atomic E-state index is 11.9. The number of sulfonamides is 1. The van der Waals surface area contributed by atoms with Crippen LogP contribution >= 0.6 is 35.3 Å². The van der Waals surface area contributed by atoms with Gasteiger partial charge >= 0.3 is 0 Å². The Morgan fingerprint density at radius 2 is 2.04 bits per heavy atom. The minimum atomic E-state index is -3.04. The van der Waals surface area contributed by atoms with Gasteiger partial charge in [0.05, 0.1) is 18.3 Å². The van der Waals surface area contributed by atoms with Crippen molar-refractivity contribution in [2.24, 2.45) is 4.99 Å². The van der Waals surface area contributed by atoms with Gasteiger partial charge < -0.3 is 10.6 Å². The molecule has 0 amide bonds. The van der Waals surface area contributed by atoms with E-state index >= 15 is 0 Å². The molecule has 2 aliphatic heterocycles. The number of nitrogens with zero attached hydrogens (tertiary/aromatic N) is 3. The fraction of sp³-hybridized carbons (Fsp3) is 0.722. The van der Waals surface area contributed by atoms with E-state index in [9.17, 15) is 8.42 Å². The van der Waals surface area contributed by atoms with Crippen LogP contribution in [0.4, 0.5) is 0 Å². The van der Waals surface area contributed by atoms with Gasteiger partial charge in [0.1, 0.15) is 0 Å². The lowest BCUT2D eigenvalue weighted by Crippen LogP contribution is -2.42. The number of likely N-dealkylation sites (tertiary alicyclic amines) is 1. The van der Waals surface area contributed by atoms with E-state index in [1.807, 2.05) is 6.92 Å². The molecule has 2 saturated heterocycles. The zero-order valence-corrected chi connectivity index (χ0v) is 20.4. The molecular formula is C18H32IN5O2S2. The van der Waals surface area contributed by atoms with E-state index < -0.39 is 10.0 Å². The van der Waals surface area contributed by atoms with Crippen molar-refractivity contribution in [1.29, 1.82) is 0 Å². The van der Waals surface area contributed by atoms with Crippen LogP contribution in [0.15, 0.2) is 22.5 Å². The molecule has 1 aromatic rings. The number of nitrogens with one attached hydrogen (secondary N) is 2. The maximum Gasteiger partial charge on any atom is 0.214 e. The molecule has 1 aromatic heterocycles. The van der Waals surface area contributed by atoms with Crippen LogP contribution in [0.2, 0.25) is 0 Å². The molecule has 3 heterocycles. The van der Waals surface area contributed by atoms with Gasteiger partial charge in [-0.2, -0.15) is 0 Å². The molecule has 1 unspecified atom stereocenters. The first-order chi connectivity index (χ1) is 13.1. The van der Waals surface area contributed by atoms with Crippen molar-refractivity contribution in [2.45, 2.75) is 32.2 Å². The van der Waals surface area contributed by atoms with Gasteiger partial charge in [-0.1, -0.05) is 6.07 Å². The molecule has 0 aliphatic carbocycles. The molecule has 2 fully saturated rings. The SMILES string of the molecule is CCNC(=NCC(c1cccs1)N1CCCC1)NCCN1CCCS1(=O)=O.I. The molecule has 10 heteroatoms. The first kappa shape index (κ1) is 23.8. The predicted molar refractivity (Wildman–Crippen MR) is 127 cm³/mol. The molecule has 0 radical (unpaired) electrons. The van der Waals surface area contributed by atoms with Gasteiger partial charge in [-0.3, -0.25) is 9.89 Å². The van der Waals surface area contributed by atoms with Gasteiger partial charge in [0.25, 0.3) is 0 Å². The first-order valence-electron chi connectivity index (χ1n) is 9.87. The smallest absolute Gasteiger partial charge is 0.214 e. The van der Waals surface area contributed by atoms with Gasteiger partial charge in [-0.05, 0) is 50.7 Å². The van der Waals surface area contributed by atoms with Crippen molar-refractivity contribution in [2.75, 3.05) is 51.6 Å². The summed E-state index contributed by atoms with van der Waals surface area (Å²) in [4.78, 5) is 8.69. The van der Waals surface area contributed by atoms with Crippen LogP contribution in [0.1, 0.15) is 37.1 Å². The van der Waals surface area contributed by atoms with Crippen molar-refractivity contribution in [3.05, 3.63) is 22.4 Å². The topological polar surface area (TPSA) is 77.0 Å². The molecule has 160 valence electrons. The highest BCUT2D eigenvalue weighted by molar-refractivity contribution is 14.0. The Labute approximate surface area is 190 Å². The summed E-state index contributed by atoms with van der Waals surface area (Å²) in [7, 11) is -3.04. The summed E-state index contributed by atoms with van der Waals surface area (Å²) in [5.41, 5.74) is 0. The second kappa shape index (κ2) is 11.7. The van der Waals surface area contributed by atoms with E-state index in [1.165, 1.54) is 17.7 Å². The molecule has 7 nitrogen and oxygen atoms in total. The summed E-state index contributed by atoms with van der Waals surface area (Å²) >= 11 is 1.79. The molecule has 1 atom stereocenters. The van der Waals surface area contributed by atoms with E-state index in [2.05, 4.69) is 33.0 Å². The van der Waals surface area contributed by atoms with Gasteiger partial charge in [0.2, 0.25) is 10.0 Å². The molecule has 0 bridgehead atoms. The van der Waals surface area contributed by atoms with Crippen molar-refractivity contribution in [3.8, 4) is 0 Å². The minimum absolute atomic E-state index is 0. The van der Waals surface area contributed by atoms with Gasteiger partial charge in [0.15, 0.2) is 5.96 Å². The molecule has 0 saturated carbocycles. The number of halogens is 1. The molecule has 0 spiro atoms. The van der Waals surface area contributed by atoms with E-state index in [-0.39, 0.29) is 29.7 Å². The number of rotatable bonds is 8. The van der Waals surface area contributed by atoms with Crippen molar-refractivity contribution in [1.82, 2.24) is 19.8 Å². The Morgan fingerprint density at radius 3 is 2.64 bits per heavy atom. The van der Waals surface area contributed by atoms with Crippen molar-refractivity contribution < 1.29 is 8.42 Å². The predicted octanol–water partition coefficient (Wildman–Crippen LogP) is 2.09. The molecule has 3 rings (SSSR count). The Morgan fingerprint density at radius 1 is 1.25 bits per heavy atom. The monoisotopic (exact) mass is 541 g/mol. The number of thiophene rings is 1. The quantitative estimate of drug-likeness (QED) is 0.300. The largest absolute Gasteiger partial charge is 0.357 e. The lowest BCUT2D eigenvalue weighted by atomic mass is 10.2. The summed E-state index contributed by atoms with van der Waals surface area (Å²) in [5.74, 6) is 1.04. The highest BCUT2D eigenvalue weighted by atomic mass is 127. The van der Waals surface area contributed by atoms with Gasteiger partial charge in [-0.15, -0.1) is 35.3 Å². The van der Waals surface area contributed by atoms with E-state index in [0.717, 1.165) is 32.0 Å². The molecule has 2 N–H and O–H groups in total. The maximum absolute atomic E-state index is 11.9. The first-order valence-corrected chi connectivity index (χ1v) is 12.4. The Kier molecular flexibility index (Phi) is 9.94. The van der Waals surface area contributed by atoms with E-state index in [4.69, 9.17) is 4.99 Å². The Balaban J connectivity index is 0.00000280. The summed E-state index contributed by atoms with van der Waals surface area (Å²) in [6, 6.07) is 4.62. The fourth-order valence-corrected chi connectivity index (χ4v) is 6.06. The van der Waals surface area contributed by atoms with Gasteiger partial charge in [-0.25, -0.2) is 12.7 Å². The molecule has 28 heavy (non-hydrogen) atoms. The second-order valence-corrected chi connectivity index (χ2v) is 10.1. The third-order valence-electron chi connectivity index (χ3n) is 5.08. The Bertz CT molecular complexity index is 706. The van der Waals surface area contributed by atoms with Crippen LogP contribution in [-0.2, 0) is 10.0 Å². The van der Waals surface area contributed by atoms with Crippen molar-refractivity contribution >= 4 is 51.3 Å². The minimum Gasteiger partial charge on any atom is -0.357 e. The number of hydrogen-bond donors (Lipinski definition) is 2. The van der Waals surface area contributed by atoms with Crippen molar-refractivity contribution in [3.63, 3.8) is 0 Å². The van der Waals surface area contributed by atoms with E-state index in [1.54, 1.807) is 15.6 Å². The third kappa shape index (κ3) is 6.54. The lowest BCUT2D eigenvalue weighted by Gasteiger charge is -2.25. The van der Waals surface area contributed by atoms with Crippen LogP contribution < -0.4 is 10.6 Å². The summed E-state index contributed by atoms with van der Waals surface area (Å²) in [6.07, 6.45) is 3.25. The Hall–Kier alpha value is -0.430. The standard InChI is InChI=1S/C18H31N5O2S2.HI/c1-2-19-18(20-8-12-23-11-6-14-27(23,24)25)21-15-16(17-7-5-13-26-17)22-9-3-4-10-22;/h5,7,13,16H,2-4,6,8-12,14-15H2,1H3,(H2,19,20,21);1H. The van der Waals surface area contributed by atoms with Crippen LogP contribution in [0.25, 0.3) is 0 Å². The number of aliphatic imine (C=N–C) groups is 1. The molecule has 2 aliphatic rings. The summed E-state index contributed by atoms with van der Waals surface area (Å²) in [6.45, 7) is 7.49. The second-order valence-electron chi connectivity index (χ2n) is 6.99. The summed E-state index contributed by atoms with van der Waals surface area (Å²) < 4.78 is 25.4. The number of hydrogen-bond acceptors (Lipinski definition) is 5. The normalized spacial score (nSPS) is 21.4. The number of guanidine groups is 1. The lowest BCUT2D eigenvalue weighted by molar-refractivity contribution is 0.255. The van der Waals surface area contributed by atoms with E-state index in [0.29, 0.717) is 32.2 Å². The average molecular weight is 542 g/mol. The van der Waals surface area contributed by atoms with Crippen LogP contribution in [0.5, 0.6) is 0 Å². The third-order valence-corrected chi connectivity index (χ3v) is 8.01. The van der Waals surface area contributed by atoms with Crippen LogP contribution in [0, 0.1) is 0 Å².